The third-order valence-electron chi connectivity index (χ3n) is 8.36. The van der Waals surface area contributed by atoms with Crippen molar-refractivity contribution in [2.75, 3.05) is 23.7 Å². The Balaban J connectivity index is 0.00000194. The fourth-order valence-corrected chi connectivity index (χ4v) is 6.05. The molecule has 224 valence electrons. The van der Waals surface area contributed by atoms with Gasteiger partial charge in [0.05, 0.1) is 6.33 Å². The molecule has 0 bridgehead atoms. The van der Waals surface area contributed by atoms with E-state index in [0.717, 1.165) is 68.3 Å². The van der Waals surface area contributed by atoms with Crippen LogP contribution in [0.3, 0.4) is 0 Å². The minimum absolute atomic E-state index is 0. The van der Waals surface area contributed by atoms with Crippen molar-refractivity contribution >= 4 is 53.8 Å². The number of likely N-dealkylation sites (tertiary alicyclic amines) is 1. The Bertz CT molecular complexity index is 1290. The largest absolute Gasteiger partial charge is 0.415 e. The molecular weight excluding hydrogens is 570 g/mol. The van der Waals surface area contributed by atoms with Crippen molar-refractivity contribution in [2.24, 2.45) is 5.73 Å². The summed E-state index contributed by atoms with van der Waals surface area (Å²) in [6, 6.07) is 6.63. The predicted octanol–water partition coefficient (Wildman–Crippen LogP) is 5.68. The second-order valence-corrected chi connectivity index (χ2v) is 11.1. The fraction of sp³-hybridized carbons (Fsp3) is 0.571. The summed E-state index contributed by atoms with van der Waals surface area (Å²) >= 11 is 0. The number of nitrogens with two attached hydrogens (primary N) is 1. The van der Waals surface area contributed by atoms with Crippen molar-refractivity contribution < 1.29 is 13.9 Å². The van der Waals surface area contributed by atoms with Crippen LogP contribution in [-0.4, -0.2) is 61.7 Å². The Morgan fingerprint density at radius 2 is 1.56 bits per heavy atom. The number of fused-ring (bicyclic) bond motifs is 1. The number of aromatic nitrogens is 4. The number of anilines is 2. The molecule has 0 spiro atoms. The first-order valence-corrected chi connectivity index (χ1v) is 14.3. The summed E-state index contributed by atoms with van der Waals surface area (Å²) in [5, 5.41) is 7.20. The van der Waals surface area contributed by atoms with Crippen LogP contribution in [0, 0.1) is 5.82 Å². The molecule has 3 heterocycles. The van der Waals surface area contributed by atoms with Crippen LogP contribution in [0.15, 0.2) is 30.6 Å². The number of nitrogens with zero attached hydrogens (tertiary/aromatic N) is 5. The number of hydrogen-bond acceptors (Lipinski definition) is 8. The summed E-state index contributed by atoms with van der Waals surface area (Å²) < 4.78 is 20.8. The summed E-state index contributed by atoms with van der Waals surface area (Å²) in [4.78, 5) is 28.9. The Morgan fingerprint density at radius 3 is 2.24 bits per heavy atom. The molecule has 2 aromatic heterocycles. The molecule has 10 nitrogen and oxygen atoms in total. The zero-order chi connectivity index (χ0) is 26.8. The van der Waals surface area contributed by atoms with Crippen molar-refractivity contribution in [1.29, 1.82) is 0 Å². The lowest BCUT2D eigenvalue weighted by molar-refractivity contribution is 0.140. The highest BCUT2D eigenvalue weighted by molar-refractivity contribution is 5.86. The number of rotatable bonds is 6. The number of carbonyl (C=O) groups is 1. The van der Waals surface area contributed by atoms with Gasteiger partial charge in [-0.05, 0) is 75.6 Å². The number of hydrogen-bond donors (Lipinski definition) is 3. The van der Waals surface area contributed by atoms with Crippen LogP contribution in [0.2, 0.25) is 0 Å². The van der Waals surface area contributed by atoms with Crippen LogP contribution in [0.25, 0.3) is 11.2 Å². The Hall–Kier alpha value is -2.89. The van der Waals surface area contributed by atoms with E-state index in [1.165, 1.54) is 37.1 Å². The molecule has 1 aliphatic heterocycles. The number of ether oxygens (including phenoxy) is 1. The van der Waals surface area contributed by atoms with E-state index >= 15 is 0 Å². The van der Waals surface area contributed by atoms with Gasteiger partial charge in [-0.3, -0.25) is 0 Å². The summed E-state index contributed by atoms with van der Waals surface area (Å²) in [7, 11) is 0. The zero-order valence-electron chi connectivity index (χ0n) is 23.0. The monoisotopic (exact) mass is 608 g/mol. The molecule has 1 aromatic carbocycles. The van der Waals surface area contributed by atoms with Crippen LogP contribution in [0.1, 0.15) is 70.3 Å². The van der Waals surface area contributed by atoms with E-state index in [4.69, 9.17) is 25.4 Å². The van der Waals surface area contributed by atoms with E-state index in [1.807, 2.05) is 6.33 Å². The Morgan fingerprint density at radius 1 is 0.902 bits per heavy atom. The molecule has 0 radical (unpaired) electrons. The summed E-state index contributed by atoms with van der Waals surface area (Å²) in [6.07, 6.45) is 11.8. The van der Waals surface area contributed by atoms with E-state index in [1.54, 1.807) is 4.90 Å². The van der Waals surface area contributed by atoms with E-state index in [9.17, 15) is 9.18 Å². The van der Waals surface area contributed by atoms with Gasteiger partial charge in [-0.15, -0.1) is 24.8 Å². The highest BCUT2D eigenvalue weighted by Gasteiger charge is 2.27. The fourth-order valence-electron chi connectivity index (χ4n) is 6.05. The molecular formula is C28H39Cl2FN8O2. The number of halogens is 3. The number of imidazole rings is 1. The molecule has 0 atom stereocenters. The molecule has 0 unspecified atom stereocenters. The third-order valence-corrected chi connectivity index (χ3v) is 8.36. The second-order valence-electron chi connectivity index (χ2n) is 11.1. The molecule has 2 saturated carbocycles. The molecule has 6 rings (SSSR count). The number of carbonyl (C=O) groups excluding carboxylic acids is 1. The lowest BCUT2D eigenvalue weighted by Gasteiger charge is -2.32. The van der Waals surface area contributed by atoms with Crippen LogP contribution in [0.4, 0.5) is 21.0 Å². The SMILES string of the molecule is Cl.Cl.N[C@H]1CC[C@H](Nc2nc(NC3CCN(C(=O)Oc4ccc(F)cc4)CC3)c3ncn(C4CCCC4)c3n2)CC1. The third kappa shape index (κ3) is 7.31. The Labute approximate surface area is 251 Å². The van der Waals surface area contributed by atoms with Gasteiger partial charge >= 0.3 is 6.09 Å². The molecule has 3 aliphatic rings. The highest BCUT2D eigenvalue weighted by Crippen LogP contribution is 2.34. The van der Waals surface area contributed by atoms with Crippen LogP contribution in [0.5, 0.6) is 5.75 Å². The van der Waals surface area contributed by atoms with Gasteiger partial charge in [-0.2, -0.15) is 9.97 Å². The molecule has 41 heavy (non-hydrogen) atoms. The summed E-state index contributed by atoms with van der Waals surface area (Å²) in [5.74, 6) is 1.34. The van der Waals surface area contributed by atoms with E-state index in [-0.39, 0.29) is 42.7 Å². The number of benzene rings is 1. The van der Waals surface area contributed by atoms with Crippen molar-refractivity contribution in [3.63, 3.8) is 0 Å². The molecule has 1 saturated heterocycles. The normalized spacial score (nSPS) is 21.7. The molecule has 3 aromatic rings. The number of piperidine rings is 1. The smallest absolute Gasteiger partial charge is 0.410 e. The Kier molecular flexibility index (Phi) is 10.5. The summed E-state index contributed by atoms with van der Waals surface area (Å²) in [5.41, 5.74) is 7.77. The average Bonchev–Trinajstić information content (AvgIpc) is 3.62. The van der Waals surface area contributed by atoms with Crippen LogP contribution in [-0.2, 0) is 0 Å². The van der Waals surface area contributed by atoms with E-state index in [2.05, 4.69) is 15.2 Å². The molecule has 2 aliphatic carbocycles. The van der Waals surface area contributed by atoms with E-state index in [0.29, 0.717) is 36.9 Å². The van der Waals surface area contributed by atoms with Crippen molar-refractivity contribution in [3.8, 4) is 5.75 Å². The minimum Gasteiger partial charge on any atom is -0.410 e. The molecule has 3 fully saturated rings. The first kappa shape index (κ1) is 31.1. The van der Waals surface area contributed by atoms with Crippen molar-refractivity contribution in [2.45, 2.75) is 88.4 Å². The predicted molar refractivity (Wildman–Crippen MR) is 162 cm³/mol. The van der Waals surface area contributed by atoms with Gasteiger partial charge in [0.25, 0.3) is 0 Å². The quantitative estimate of drug-likeness (QED) is 0.326. The topological polar surface area (TPSA) is 123 Å². The highest BCUT2D eigenvalue weighted by atomic mass is 35.5. The minimum atomic E-state index is -0.418. The van der Waals surface area contributed by atoms with Gasteiger partial charge in [0, 0.05) is 37.3 Å². The van der Waals surface area contributed by atoms with E-state index < -0.39 is 6.09 Å². The molecule has 1 amide bonds. The zero-order valence-corrected chi connectivity index (χ0v) is 24.6. The lowest BCUT2D eigenvalue weighted by atomic mass is 9.92. The standard InChI is InChI=1S/C28H37FN8O2.2ClH/c29-18-5-11-23(12-6-18)39-28(38)36-15-13-21(14-16-36)32-25-24-26(37(17-31-24)22-3-1-2-4-22)35-27(34-25)33-20-9-7-19(30)8-10-20;;/h5-6,11-12,17,19-22H,1-4,7-10,13-16,30H2,(H2,32,33,34,35);2*1H/t19-,20-;;. The first-order chi connectivity index (χ1) is 19.0. The number of nitrogens with one attached hydrogen (secondary N) is 2. The second kappa shape index (κ2) is 13.8. The van der Waals surface area contributed by atoms with Gasteiger partial charge in [0.1, 0.15) is 11.6 Å². The van der Waals surface area contributed by atoms with Gasteiger partial charge in [0.15, 0.2) is 17.0 Å². The van der Waals surface area contributed by atoms with Crippen molar-refractivity contribution in [1.82, 2.24) is 24.4 Å². The average molecular weight is 610 g/mol. The first-order valence-electron chi connectivity index (χ1n) is 14.3. The van der Waals surface area contributed by atoms with Crippen molar-refractivity contribution in [3.05, 3.63) is 36.4 Å². The van der Waals surface area contributed by atoms with Gasteiger partial charge < -0.3 is 30.6 Å². The lowest BCUT2D eigenvalue weighted by Crippen LogP contribution is -2.43. The van der Waals surface area contributed by atoms with Crippen LogP contribution >= 0.6 is 24.8 Å². The van der Waals surface area contributed by atoms with Gasteiger partial charge in [-0.25, -0.2) is 14.2 Å². The van der Waals surface area contributed by atoms with Gasteiger partial charge in [-0.1, -0.05) is 12.8 Å². The maximum atomic E-state index is 13.2. The molecule has 4 N–H and O–H groups in total. The maximum absolute atomic E-state index is 13.2. The number of amides is 1. The molecule has 13 heteroatoms. The van der Waals surface area contributed by atoms with Gasteiger partial charge in [0.2, 0.25) is 5.95 Å². The summed E-state index contributed by atoms with van der Waals surface area (Å²) in [6.45, 7) is 1.10. The van der Waals surface area contributed by atoms with Crippen LogP contribution < -0.4 is 21.1 Å². The maximum Gasteiger partial charge on any atom is 0.415 e.